The van der Waals surface area contributed by atoms with Gasteiger partial charge in [0.2, 0.25) is 0 Å². The summed E-state index contributed by atoms with van der Waals surface area (Å²) in [5.74, 6) is -0.545. The number of non-ortho nitro benzene ring substituents is 1. The summed E-state index contributed by atoms with van der Waals surface area (Å²) < 4.78 is 7.87. The summed E-state index contributed by atoms with van der Waals surface area (Å²) in [4.78, 5) is 22.1. The maximum atomic E-state index is 12.0. The quantitative estimate of drug-likeness (QED) is 0.359. The van der Waals surface area contributed by atoms with Gasteiger partial charge in [-0.25, -0.2) is 5.43 Å². The lowest BCUT2D eigenvalue weighted by Gasteiger charge is -2.08. The fraction of sp³-hybridized carbons (Fsp3) is 0.0625. The lowest BCUT2D eigenvalue weighted by molar-refractivity contribution is -0.385. The Hall–Kier alpha value is -3.47. The van der Waals surface area contributed by atoms with Crippen molar-refractivity contribution in [2.45, 2.75) is 6.54 Å². The van der Waals surface area contributed by atoms with Gasteiger partial charge in [-0.05, 0) is 33.6 Å². The number of furan rings is 1. The molecule has 1 aromatic carbocycles. The lowest BCUT2D eigenvalue weighted by Crippen LogP contribution is -2.17. The van der Waals surface area contributed by atoms with Crippen LogP contribution in [0.15, 0.2) is 56.7 Å². The molecular weight excluding hydrogens is 422 g/mol. The van der Waals surface area contributed by atoms with Crippen LogP contribution in [0.4, 0.5) is 5.69 Å². The van der Waals surface area contributed by atoms with E-state index in [-0.39, 0.29) is 17.0 Å². The third kappa shape index (κ3) is 4.58. The second-order valence-corrected chi connectivity index (χ2v) is 6.22. The summed E-state index contributed by atoms with van der Waals surface area (Å²) in [6.45, 7) is 0.343. The highest BCUT2D eigenvalue weighted by Gasteiger charge is 2.11. The first kappa shape index (κ1) is 18.3. The first-order valence-corrected chi connectivity index (χ1v) is 8.27. The number of hydrazone groups is 1. The number of hydrogen-bond donors (Lipinski definition) is 1. The number of nitrogens with one attached hydrogen (secondary N) is 1. The number of benzene rings is 1. The van der Waals surface area contributed by atoms with E-state index in [1.54, 1.807) is 23.1 Å². The van der Waals surface area contributed by atoms with Crippen molar-refractivity contribution in [3.8, 4) is 5.75 Å². The number of carbonyl (C=O) groups excluding carboxylic acids is 1. The molecule has 0 fully saturated rings. The number of nitro benzene ring substituents is 1. The number of rotatable bonds is 6. The summed E-state index contributed by atoms with van der Waals surface area (Å²) in [5.41, 5.74) is 1.94. The Bertz CT molecular complexity index is 1030. The van der Waals surface area contributed by atoms with E-state index in [1.807, 2.05) is 0 Å². The van der Waals surface area contributed by atoms with E-state index >= 15 is 0 Å². The van der Waals surface area contributed by atoms with E-state index in [0.717, 1.165) is 28.9 Å². The molecule has 0 saturated heterocycles. The van der Waals surface area contributed by atoms with Crippen LogP contribution in [0, 0.1) is 10.1 Å². The average molecular weight is 433 g/mol. The van der Waals surface area contributed by atoms with E-state index in [1.165, 1.54) is 6.07 Å². The van der Waals surface area contributed by atoms with Crippen molar-refractivity contribution in [1.29, 1.82) is 0 Å². The highest BCUT2D eigenvalue weighted by molar-refractivity contribution is 9.10. The smallest absolute Gasteiger partial charge is 0.307 e. The molecule has 2 aromatic heterocycles. The van der Waals surface area contributed by atoms with Crippen LogP contribution in [0.2, 0.25) is 0 Å². The molecule has 138 valence electrons. The Morgan fingerprint density at radius 3 is 2.93 bits per heavy atom. The van der Waals surface area contributed by atoms with Crippen LogP contribution < -0.4 is 10.5 Å². The third-order valence-corrected chi connectivity index (χ3v) is 3.79. The van der Waals surface area contributed by atoms with Crippen molar-refractivity contribution in [2.24, 2.45) is 5.10 Å². The number of aromatic nitrogens is 2. The van der Waals surface area contributed by atoms with Crippen LogP contribution in [0.5, 0.6) is 5.75 Å². The molecule has 11 heteroatoms. The van der Waals surface area contributed by atoms with Gasteiger partial charge in [0.1, 0.15) is 5.76 Å². The highest BCUT2D eigenvalue weighted by atomic mass is 79.9. The van der Waals surface area contributed by atoms with Crippen molar-refractivity contribution in [3.63, 3.8) is 0 Å². The molecular formula is C16H11BrN5O5-. The van der Waals surface area contributed by atoms with E-state index < -0.39 is 16.6 Å². The van der Waals surface area contributed by atoms with Gasteiger partial charge >= 0.3 is 5.91 Å². The maximum Gasteiger partial charge on any atom is 0.307 e. The predicted octanol–water partition coefficient (Wildman–Crippen LogP) is 2.03. The number of amides is 1. The molecule has 1 amide bonds. The van der Waals surface area contributed by atoms with Crippen molar-refractivity contribution in [3.05, 3.63) is 74.4 Å². The zero-order chi connectivity index (χ0) is 19.4. The fourth-order valence-corrected chi connectivity index (χ4v) is 2.46. The van der Waals surface area contributed by atoms with Gasteiger partial charge in [-0.2, -0.15) is 10.2 Å². The van der Waals surface area contributed by atoms with Gasteiger partial charge in [0.25, 0.3) is 5.69 Å². The fourth-order valence-electron chi connectivity index (χ4n) is 2.14. The summed E-state index contributed by atoms with van der Waals surface area (Å²) >= 11 is 3.29. The molecule has 2 heterocycles. The van der Waals surface area contributed by atoms with E-state index in [0.29, 0.717) is 12.3 Å². The molecule has 10 nitrogen and oxygen atoms in total. The van der Waals surface area contributed by atoms with E-state index in [4.69, 9.17) is 4.42 Å². The zero-order valence-electron chi connectivity index (χ0n) is 13.5. The Kier molecular flexibility index (Phi) is 5.31. The molecule has 0 saturated carbocycles. The summed E-state index contributed by atoms with van der Waals surface area (Å²) in [6.07, 6.45) is 4.42. The number of halogens is 1. The second-order valence-electron chi connectivity index (χ2n) is 5.30. The Morgan fingerprint density at radius 2 is 2.22 bits per heavy atom. The average Bonchev–Trinajstić information content (AvgIpc) is 3.25. The molecule has 0 aliphatic rings. The minimum absolute atomic E-state index is 0.0195. The Morgan fingerprint density at radius 1 is 1.41 bits per heavy atom. The molecule has 0 unspecified atom stereocenters. The molecule has 0 bridgehead atoms. The molecule has 3 rings (SSSR count). The van der Waals surface area contributed by atoms with Gasteiger partial charge in [0.05, 0.1) is 28.4 Å². The van der Waals surface area contributed by atoms with Gasteiger partial charge in [-0.1, -0.05) is 11.8 Å². The first-order chi connectivity index (χ1) is 12.9. The van der Waals surface area contributed by atoms with Gasteiger partial charge in [0, 0.05) is 18.3 Å². The molecule has 0 atom stereocenters. The van der Waals surface area contributed by atoms with E-state index in [2.05, 4.69) is 31.6 Å². The van der Waals surface area contributed by atoms with Gasteiger partial charge < -0.3 is 9.52 Å². The van der Waals surface area contributed by atoms with Crippen LogP contribution in [-0.4, -0.2) is 26.8 Å². The van der Waals surface area contributed by atoms with Crippen LogP contribution in [0.25, 0.3) is 0 Å². The summed E-state index contributed by atoms with van der Waals surface area (Å²) in [6, 6.07) is 6.34. The Labute approximate surface area is 160 Å². The SMILES string of the molecule is O=C(N/N=C/c1cc([N+](=O)[O-])ccc1[O-])c1ccc(Cn2cc(Br)cn2)o1. The largest absolute Gasteiger partial charge is 0.872 e. The topological polar surface area (TPSA) is 139 Å². The normalized spacial score (nSPS) is 11.0. The number of hydrogen-bond acceptors (Lipinski definition) is 7. The monoisotopic (exact) mass is 432 g/mol. The van der Waals surface area contributed by atoms with Crippen molar-refractivity contribution in [2.75, 3.05) is 0 Å². The molecule has 3 aromatic rings. The van der Waals surface area contributed by atoms with Crippen LogP contribution in [0.3, 0.4) is 0 Å². The van der Waals surface area contributed by atoms with Gasteiger partial charge in [-0.3, -0.25) is 19.6 Å². The standard InChI is InChI=1S/C16H12BrN5O5/c17-11-7-19-21(8-11)9-13-2-4-15(27-13)16(24)20-18-6-10-5-12(22(25)26)1-3-14(10)23/h1-8,23H,9H2,(H,20,24)/p-1/b18-6+. The Balaban J connectivity index is 1.63. The molecule has 1 N–H and O–H groups in total. The number of nitrogens with zero attached hydrogens (tertiary/aromatic N) is 4. The molecule has 0 aliphatic carbocycles. The second kappa shape index (κ2) is 7.83. The lowest BCUT2D eigenvalue weighted by atomic mass is 10.2. The van der Waals surface area contributed by atoms with Gasteiger partial charge in [0.15, 0.2) is 5.76 Å². The van der Waals surface area contributed by atoms with Crippen LogP contribution in [0.1, 0.15) is 21.9 Å². The van der Waals surface area contributed by atoms with E-state index in [9.17, 15) is 20.0 Å². The summed E-state index contributed by atoms with van der Waals surface area (Å²) in [5, 5.41) is 30.1. The maximum absolute atomic E-state index is 12.0. The third-order valence-electron chi connectivity index (χ3n) is 3.38. The minimum Gasteiger partial charge on any atom is -0.872 e. The van der Waals surface area contributed by atoms with Crippen molar-refractivity contribution < 1.29 is 19.2 Å². The molecule has 0 spiro atoms. The molecule has 27 heavy (non-hydrogen) atoms. The van der Waals surface area contributed by atoms with Gasteiger partial charge in [-0.15, -0.1) is 0 Å². The zero-order valence-corrected chi connectivity index (χ0v) is 15.1. The van der Waals surface area contributed by atoms with Crippen molar-refractivity contribution in [1.82, 2.24) is 15.2 Å². The summed E-state index contributed by atoms with van der Waals surface area (Å²) in [7, 11) is 0. The highest BCUT2D eigenvalue weighted by Crippen LogP contribution is 2.19. The molecule has 0 radical (unpaired) electrons. The first-order valence-electron chi connectivity index (χ1n) is 7.48. The predicted molar refractivity (Wildman–Crippen MR) is 95.3 cm³/mol. The molecule has 0 aliphatic heterocycles. The van der Waals surface area contributed by atoms with Crippen molar-refractivity contribution >= 4 is 33.7 Å². The van der Waals surface area contributed by atoms with Crippen LogP contribution >= 0.6 is 15.9 Å². The number of nitro groups is 1. The van der Waals surface area contributed by atoms with Crippen LogP contribution in [-0.2, 0) is 6.54 Å². The minimum atomic E-state index is -0.628. The number of carbonyl (C=O) groups is 1.